The molecule has 0 saturated carbocycles. The molecule has 52 heavy (non-hydrogen) atoms. The minimum absolute atomic E-state index is 0.116. The summed E-state index contributed by atoms with van der Waals surface area (Å²) in [4.78, 5) is 2.46. The van der Waals surface area contributed by atoms with E-state index in [1.165, 1.54) is 66.8 Å². The molecular weight excluding hydrogens is 627 g/mol. The Kier molecular flexibility index (Phi) is 7.90. The van der Waals surface area contributed by atoms with E-state index in [0.29, 0.717) is 0 Å². The zero-order valence-electron chi connectivity index (χ0n) is 29.5. The third-order valence-electron chi connectivity index (χ3n) is 10.7. The van der Waals surface area contributed by atoms with Gasteiger partial charge in [0.05, 0.1) is 5.69 Å². The molecule has 8 aromatic carbocycles. The van der Waals surface area contributed by atoms with Crippen LogP contribution in [0.25, 0.3) is 55.6 Å². The molecule has 0 fully saturated rings. The molecule has 0 unspecified atom stereocenters. The van der Waals surface area contributed by atoms with Gasteiger partial charge in [-0.25, -0.2) is 0 Å². The van der Waals surface area contributed by atoms with Crippen LogP contribution >= 0.6 is 0 Å². The summed E-state index contributed by atoms with van der Waals surface area (Å²) in [5.74, 6) is 0. The summed E-state index contributed by atoms with van der Waals surface area (Å²) in [5, 5.41) is 0. The Balaban J connectivity index is 1.30. The normalized spacial score (nSPS) is 12.6. The zero-order valence-corrected chi connectivity index (χ0v) is 29.5. The van der Waals surface area contributed by atoms with Crippen LogP contribution in [0.2, 0.25) is 0 Å². The monoisotopic (exact) mass is 665 g/mol. The van der Waals surface area contributed by atoms with E-state index in [-0.39, 0.29) is 5.41 Å². The highest BCUT2D eigenvalue weighted by molar-refractivity contribution is 6.01. The first-order valence-corrected chi connectivity index (χ1v) is 18.1. The van der Waals surface area contributed by atoms with E-state index in [0.717, 1.165) is 17.1 Å². The lowest BCUT2D eigenvalue weighted by atomic mass is 9.82. The number of hydrogen-bond acceptors (Lipinski definition) is 1. The maximum atomic E-state index is 2.46. The van der Waals surface area contributed by atoms with E-state index >= 15 is 0 Å². The van der Waals surface area contributed by atoms with Crippen molar-refractivity contribution in [3.05, 3.63) is 211 Å². The van der Waals surface area contributed by atoms with Crippen LogP contribution in [-0.4, -0.2) is 0 Å². The second kappa shape index (κ2) is 13.0. The van der Waals surface area contributed by atoms with Gasteiger partial charge in [0.2, 0.25) is 0 Å². The summed E-state index contributed by atoms with van der Waals surface area (Å²) >= 11 is 0. The van der Waals surface area contributed by atoms with Gasteiger partial charge < -0.3 is 4.90 Å². The number of para-hydroxylation sites is 1. The first-order valence-electron chi connectivity index (χ1n) is 18.1. The molecule has 0 atom stereocenters. The van der Waals surface area contributed by atoms with Gasteiger partial charge in [-0.15, -0.1) is 0 Å². The van der Waals surface area contributed by atoms with Crippen molar-refractivity contribution in [3.63, 3.8) is 0 Å². The summed E-state index contributed by atoms with van der Waals surface area (Å²) in [6, 6.07) is 72.8. The second-order valence-corrected chi connectivity index (χ2v) is 14.1. The van der Waals surface area contributed by atoms with E-state index in [1.807, 2.05) is 0 Å². The van der Waals surface area contributed by atoms with Gasteiger partial charge >= 0.3 is 0 Å². The fraction of sp³-hybridized carbons (Fsp3) is 0.0588. The minimum atomic E-state index is -0.116. The van der Waals surface area contributed by atoms with Gasteiger partial charge in [-0.3, -0.25) is 0 Å². The lowest BCUT2D eigenvalue weighted by molar-refractivity contribution is 0.660. The first-order chi connectivity index (χ1) is 25.6. The van der Waals surface area contributed by atoms with Crippen LogP contribution in [0.3, 0.4) is 0 Å². The third kappa shape index (κ3) is 5.43. The van der Waals surface area contributed by atoms with Gasteiger partial charge in [-0.1, -0.05) is 184 Å². The van der Waals surface area contributed by atoms with Crippen molar-refractivity contribution < 1.29 is 0 Å². The van der Waals surface area contributed by atoms with Crippen LogP contribution < -0.4 is 4.90 Å². The van der Waals surface area contributed by atoms with Gasteiger partial charge in [0.25, 0.3) is 0 Å². The highest BCUT2D eigenvalue weighted by Gasteiger charge is 2.36. The molecule has 0 saturated heterocycles. The molecule has 0 N–H and O–H groups in total. The van der Waals surface area contributed by atoms with E-state index in [4.69, 9.17) is 0 Å². The summed E-state index contributed by atoms with van der Waals surface area (Å²) in [7, 11) is 0. The molecule has 1 aliphatic rings. The van der Waals surface area contributed by atoms with Crippen molar-refractivity contribution >= 4 is 17.1 Å². The summed E-state index contributed by atoms with van der Waals surface area (Å²) in [5.41, 5.74) is 18.2. The van der Waals surface area contributed by atoms with Crippen LogP contribution in [0.15, 0.2) is 200 Å². The molecule has 0 spiro atoms. The number of rotatable bonds is 7. The Morgan fingerprint density at radius 3 is 1.54 bits per heavy atom. The molecule has 0 radical (unpaired) electrons. The fourth-order valence-electron chi connectivity index (χ4n) is 8.13. The smallest absolute Gasteiger partial charge is 0.0546 e. The highest BCUT2D eigenvalue weighted by atomic mass is 15.1. The largest absolute Gasteiger partial charge is 0.310 e. The Labute approximate surface area is 307 Å². The van der Waals surface area contributed by atoms with Crippen molar-refractivity contribution in [1.29, 1.82) is 0 Å². The molecule has 9 rings (SSSR count). The molecule has 0 amide bonds. The minimum Gasteiger partial charge on any atom is -0.310 e. The van der Waals surface area contributed by atoms with Gasteiger partial charge in [0, 0.05) is 22.4 Å². The number of hydrogen-bond donors (Lipinski definition) is 0. The molecule has 1 heteroatoms. The predicted octanol–water partition coefficient (Wildman–Crippen LogP) is 14.1. The van der Waals surface area contributed by atoms with Crippen molar-refractivity contribution in [1.82, 2.24) is 0 Å². The summed E-state index contributed by atoms with van der Waals surface area (Å²) in [6.45, 7) is 4.71. The van der Waals surface area contributed by atoms with Gasteiger partial charge in [-0.2, -0.15) is 0 Å². The molecule has 0 heterocycles. The quantitative estimate of drug-likeness (QED) is 0.164. The SMILES string of the molecule is CC1(C)c2ccccc2-c2ccc(N(c3ccccc3)c3cccc(-c4ccc(-c5ccccc5)cc4)c3-c3ccccc3-c3ccccc3)cc21. The number of fused-ring (bicyclic) bond motifs is 3. The molecule has 0 bridgehead atoms. The van der Waals surface area contributed by atoms with Crippen LogP contribution in [0.1, 0.15) is 25.0 Å². The van der Waals surface area contributed by atoms with Crippen LogP contribution in [0.4, 0.5) is 17.1 Å². The molecule has 1 aliphatic carbocycles. The lowest BCUT2D eigenvalue weighted by Crippen LogP contribution is -2.17. The maximum Gasteiger partial charge on any atom is 0.0546 e. The first kappa shape index (κ1) is 31.5. The lowest BCUT2D eigenvalue weighted by Gasteiger charge is -2.31. The number of benzene rings is 8. The predicted molar refractivity (Wildman–Crippen MR) is 220 cm³/mol. The average Bonchev–Trinajstić information content (AvgIpc) is 3.44. The molecule has 1 nitrogen and oxygen atoms in total. The van der Waals surface area contributed by atoms with Crippen molar-refractivity contribution in [3.8, 4) is 55.6 Å². The maximum absolute atomic E-state index is 2.46. The zero-order chi connectivity index (χ0) is 35.1. The Morgan fingerprint density at radius 2 is 0.827 bits per heavy atom. The van der Waals surface area contributed by atoms with Crippen LogP contribution in [-0.2, 0) is 5.41 Å². The molecule has 8 aromatic rings. The van der Waals surface area contributed by atoms with Crippen LogP contribution in [0.5, 0.6) is 0 Å². The summed E-state index contributed by atoms with van der Waals surface area (Å²) < 4.78 is 0. The Morgan fingerprint density at radius 1 is 0.327 bits per heavy atom. The van der Waals surface area contributed by atoms with E-state index < -0.39 is 0 Å². The fourth-order valence-corrected chi connectivity index (χ4v) is 8.13. The number of anilines is 3. The molecular formula is C51H39N. The topological polar surface area (TPSA) is 3.24 Å². The summed E-state index contributed by atoms with van der Waals surface area (Å²) in [6.07, 6.45) is 0. The standard InChI is InChI=1S/C51H39N/c1-51(2)47-27-15-14-24-44(47)45-34-33-41(35-48(45)51)52(40-21-10-5-11-22-40)49-28-16-26-43(39-31-29-37(30-32-39)36-17-6-3-7-18-36)50(49)46-25-13-12-23-42(46)38-19-8-4-9-20-38/h3-35H,1-2H3. The van der Waals surface area contributed by atoms with E-state index in [2.05, 4.69) is 219 Å². The number of nitrogens with zero attached hydrogens (tertiary/aromatic N) is 1. The highest BCUT2D eigenvalue weighted by Crippen LogP contribution is 2.52. The van der Waals surface area contributed by atoms with Crippen LogP contribution in [0, 0.1) is 0 Å². The van der Waals surface area contributed by atoms with Crippen molar-refractivity contribution in [2.24, 2.45) is 0 Å². The van der Waals surface area contributed by atoms with Gasteiger partial charge in [0.1, 0.15) is 0 Å². The van der Waals surface area contributed by atoms with Crippen molar-refractivity contribution in [2.45, 2.75) is 19.3 Å². The third-order valence-corrected chi connectivity index (χ3v) is 10.7. The van der Waals surface area contributed by atoms with E-state index in [1.54, 1.807) is 0 Å². The molecule has 248 valence electrons. The average molecular weight is 666 g/mol. The molecule has 0 aliphatic heterocycles. The Bertz CT molecular complexity index is 2510. The Hall–Kier alpha value is -6.44. The molecule has 0 aromatic heterocycles. The van der Waals surface area contributed by atoms with Gasteiger partial charge in [0.15, 0.2) is 0 Å². The van der Waals surface area contributed by atoms with E-state index in [9.17, 15) is 0 Å². The second-order valence-electron chi connectivity index (χ2n) is 14.1. The van der Waals surface area contributed by atoms with Crippen molar-refractivity contribution in [2.75, 3.05) is 4.90 Å². The van der Waals surface area contributed by atoms with Gasteiger partial charge in [-0.05, 0) is 91.5 Å².